The van der Waals surface area contributed by atoms with Crippen molar-refractivity contribution in [3.63, 3.8) is 0 Å². The molecule has 9 nitrogen and oxygen atoms in total. The van der Waals surface area contributed by atoms with Crippen LogP contribution in [0.25, 0.3) is 16.6 Å². The van der Waals surface area contributed by atoms with Gasteiger partial charge in [0.15, 0.2) is 5.69 Å². The quantitative estimate of drug-likeness (QED) is 0.371. The van der Waals surface area contributed by atoms with Gasteiger partial charge < -0.3 is 21.1 Å². The van der Waals surface area contributed by atoms with Crippen molar-refractivity contribution in [2.24, 2.45) is 5.73 Å². The maximum atomic E-state index is 12.0. The number of carbonyl (C=O) groups excluding carboxylic acids is 2. The van der Waals surface area contributed by atoms with Gasteiger partial charge in [-0.2, -0.15) is 5.10 Å². The van der Waals surface area contributed by atoms with E-state index in [4.69, 9.17) is 5.73 Å². The molecule has 4 N–H and O–H groups in total. The second kappa shape index (κ2) is 9.73. The normalized spacial score (nSPS) is 11.5. The lowest BCUT2D eigenvalue weighted by atomic mass is 10.1. The molecule has 0 fully saturated rings. The van der Waals surface area contributed by atoms with Gasteiger partial charge in [0.05, 0.1) is 16.6 Å². The summed E-state index contributed by atoms with van der Waals surface area (Å²) >= 11 is 0. The van der Waals surface area contributed by atoms with E-state index in [0.717, 1.165) is 0 Å². The molecular weight excluding hydrogens is 396 g/mol. The molecule has 9 heteroatoms. The van der Waals surface area contributed by atoms with Gasteiger partial charge in [-0.25, -0.2) is 9.67 Å². The zero-order valence-electron chi connectivity index (χ0n) is 17.4. The fraction of sp³-hybridized carbons (Fsp3) is 0.273. The Hall–Kier alpha value is -3.90. The van der Waals surface area contributed by atoms with Gasteiger partial charge in [-0.3, -0.25) is 9.59 Å². The molecule has 160 valence electrons. The molecule has 0 aliphatic rings. The van der Waals surface area contributed by atoms with Crippen LogP contribution in [-0.4, -0.2) is 63.3 Å². The number of pyridine rings is 1. The highest BCUT2D eigenvalue weighted by molar-refractivity contribution is 6.08. The Morgan fingerprint density at radius 3 is 2.94 bits per heavy atom. The Labute approximate surface area is 179 Å². The number of benzene rings is 1. The summed E-state index contributed by atoms with van der Waals surface area (Å²) in [6.07, 6.45) is 1.84. The molecule has 3 aromatic rings. The number of nitrogens with one attached hydrogen (secondary N) is 1. The molecule has 2 amide bonds. The van der Waals surface area contributed by atoms with Crippen LogP contribution in [-0.2, 0) is 4.79 Å². The molecule has 0 spiro atoms. The number of nitrogens with zero attached hydrogens (tertiary/aromatic N) is 4. The fourth-order valence-electron chi connectivity index (χ4n) is 3.07. The van der Waals surface area contributed by atoms with Gasteiger partial charge in [0.1, 0.15) is 11.9 Å². The van der Waals surface area contributed by atoms with Crippen molar-refractivity contribution >= 4 is 29.0 Å². The predicted octanol–water partition coefficient (Wildman–Crippen LogP) is 1.14. The zero-order chi connectivity index (χ0) is 22.4. The Balaban J connectivity index is 1.96. The number of aromatic nitrogens is 3. The standard InChI is InChI=1S/C22H24N6O3/c1-3-24-22-19-18(9-11-25-22)28(26-20(19)21(23)31)16-6-4-5-15(13-16)7-8-17(30)10-12-27(2)14-29/h4-6,9,11,13-14,17,30H,3,10,12H2,1-2H3,(H2,23,31)(H,24,25). The smallest absolute Gasteiger partial charge is 0.270 e. The number of nitrogens with two attached hydrogens (primary N) is 1. The Morgan fingerprint density at radius 2 is 2.23 bits per heavy atom. The minimum absolute atomic E-state index is 0.130. The van der Waals surface area contributed by atoms with Gasteiger partial charge >= 0.3 is 0 Å². The van der Waals surface area contributed by atoms with Crippen molar-refractivity contribution in [1.29, 1.82) is 0 Å². The number of primary amides is 1. The second-order valence-electron chi connectivity index (χ2n) is 6.92. The summed E-state index contributed by atoms with van der Waals surface area (Å²) in [5.41, 5.74) is 7.73. The average Bonchev–Trinajstić information content (AvgIpc) is 3.17. The molecule has 3 rings (SSSR count). The number of amides is 2. The van der Waals surface area contributed by atoms with Crippen LogP contribution in [0, 0.1) is 11.8 Å². The molecule has 2 aromatic heterocycles. The van der Waals surface area contributed by atoms with Crippen molar-refractivity contribution < 1.29 is 14.7 Å². The van der Waals surface area contributed by atoms with Crippen molar-refractivity contribution in [2.75, 3.05) is 25.5 Å². The van der Waals surface area contributed by atoms with Gasteiger partial charge in [0.2, 0.25) is 6.41 Å². The van der Waals surface area contributed by atoms with Crippen LogP contribution in [0.15, 0.2) is 36.5 Å². The van der Waals surface area contributed by atoms with Crippen molar-refractivity contribution in [2.45, 2.75) is 19.4 Å². The van der Waals surface area contributed by atoms with Gasteiger partial charge in [-0.1, -0.05) is 17.9 Å². The lowest BCUT2D eigenvalue weighted by molar-refractivity contribution is -0.117. The summed E-state index contributed by atoms with van der Waals surface area (Å²) in [7, 11) is 1.64. The van der Waals surface area contributed by atoms with Gasteiger partial charge in [-0.15, -0.1) is 0 Å². The van der Waals surface area contributed by atoms with Gasteiger partial charge in [0, 0.05) is 38.3 Å². The van der Waals surface area contributed by atoms with Crippen molar-refractivity contribution in [3.8, 4) is 17.5 Å². The van der Waals surface area contributed by atoms with E-state index >= 15 is 0 Å². The molecule has 0 radical (unpaired) electrons. The first-order valence-electron chi connectivity index (χ1n) is 9.81. The molecule has 31 heavy (non-hydrogen) atoms. The molecule has 0 bridgehead atoms. The number of aliphatic hydroxyl groups is 1. The minimum Gasteiger partial charge on any atom is -0.380 e. The molecule has 0 aliphatic heterocycles. The third-order valence-corrected chi connectivity index (χ3v) is 4.58. The van der Waals surface area contributed by atoms with Crippen LogP contribution in [0.1, 0.15) is 29.4 Å². The predicted molar refractivity (Wildman–Crippen MR) is 118 cm³/mol. The SMILES string of the molecule is CCNc1nccc2c1c(C(N)=O)nn2-c1cccc(C#CC(O)CCN(C)C=O)c1. The number of hydrogen-bond donors (Lipinski definition) is 3. The van der Waals surface area contributed by atoms with Crippen LogP contribution in [0.3, 0.4) is 0 Å². The minimum atomic E-state index is -0.855. The Kier molecular flexibility index (Phi) is 6.85. The number of rotatable bonds is 8. The van der Waals surface area contributed by atoms with E-state index in [0.29, 0.717) is 53.9 Å². The third-order valence-electron chi connectivity index (χ3n) is 4.58. The molecule has 1 atom stereocenters. The molecule has 0 saturated heterocycles. The lowest BCUT2D eigenvalue weighted by Crippen LogP contribution is -2.21. The molecule has 0 aliphatic carbocycles. The summed E-state index contributed by atoms with van der Waals surface area (Å²) in [6, 6.07) is 9.04. The zero-order valence-corrected chi connectivity index (χ0v) is 17.4. The van der Waals surface area contributed by atoms with E-state index in [1.165, 1.54) is 4.90 Å². The maximum absolute atomic E-state index is 12.0. The number of anilines is 1. The van der Waals surface area contributed by atoms with Crippen LogP contribution in [0.5, 0.6) is 0 Å². The van der Waals surface area contributed by atoms with Crippen molar-refractivity contribution in [1.82, 2.24) is 19.7 Å². The largest absolute Gasteiger partial charge is 0.380 e. The molecule has 1 aromatic carbocycles. The molecule has 2 heterocycles. The number of hydrogen-bond acceptors (Lipinski definition) is 6. The molecule has 0 saturated carbocycles. The van der Waals surface area contributed by atoms with Gasteiger partial charge in [-0.05, 0) is 31.2 Å². The van der Waals surface area contributed by atoms with E-state index < -0.39 is 12.0 Å². The number of carbonyl (C=O) groups is 2. The van der Waals surface area contributed by atoms with Crippen LogP contribution in [0.2, 0.25) is 0 Å². The summed E-state index contributed by atoms with van der Waals surface area (Å²) in [5.74, 6) is 5.62. The summed E-state index contributed by atoms with van der Waals surface area (Å²) in [6.45, 7) is 2.98. The van der Waals surface area contributed by atoms with E-state index in [1.807, 2.05) is 31.2 Å². The maximum Gasteiger partial charge on any atom is 0.270 e. The first-order chi connectivity index (χ1) is 14.9. The molecular formula is C22H24N6O3. The Bertz CT molecular complexity index is 1160. The third kappa shape index (κ3) is 4.99. The fourth-order valence-corrected chi connectivity index (χ4v) is 3.07. The highest BCUT2D eigenvalue weighted by Crippen LogP contribution is 2.27. The second-order valence-corrected chi connectivity index (χ2v) is 6.92. The highest BCUT2D eigenvalue weighted by Gasteiger charge is 2.19. The van der Waals surface area contributed by atoms with E-state index in [-0.39, 0.29) is 5.69 Å². The number of aliphatic hydroxyl groups excluding tert-OH is 1. The first-order valence-corrected chi connectivity index (χ1v) is 9.81. The first kappa shape index (κ1) is 21.8. The van der Waals surface area contributed by atoms with Crippen LogP contribution < -0.4 is 11.1 Å². The van der Waals surface area contributed by atoms with Crippen molar-refractivity contribution in [3.05, 3.63) is 47.8 Å². The van der Waals surface area contributed by atoms with Crippen LogP contribution in [0.4, 0.5) is 5.82 Å². The average molecular weight is 420 g/mol. The van der Waals surface area contributed by atoms with Gasteiger partial charge in [0.25, 0.3) is 5.91 Å². The Morgan fingerprint density at radius 1 is 1.42 bits per heavy atom. The highest BCUT2D eigenvalue weighted by atomic mass is 16.3. The summed E-state index contributed by atoms with van der Waals surface area (Å²) < 4.78 is 1.62. The monoisotopic (exact) mass is 420 g/mol. The van der Waals surface area contributed by atoms with E-state index in [1.54, 1.807) is 24.0 Å². The number of fused-ring (bicyclic) bond motifs is 1. The summed E-state index contributed by atoms with van der Waals surface area (Å²) in [5, 5.41) is 18.1. The molecule has 1 unspecified atom stereocenters. The lowest BCUT2D eigenvalue weighted by Gasteiger charge is -2.10. The summed E-state index contributed by atoms with van der Waals surface area (Å²) in [4.78, 5) is 28.4. The van der Waals surface area contributed by atoms with E-state index in [2.05, 4.69) is 27.2 Å². The topological polar surface area (TPSA) is 126 Å². The van der Waals surface area contributed by atoms with E-state index in [9.17, 15) is 14.7 Å². The van der Waals surface area contributed by atoms with Crippen LogP contribution >= 0.6 is 0 Å².